The van der Waals surface area contributed by atoms with Crippen LogP contribution in [0.5, 0.6) is 5.75 Å². The van der Waals surface area contributed by atoms with E-state index in [1.165, 1.54) is 19.3 Å². The number of rotatable bonds is 6. The van der Waals surface area contributed by atoms with E-state index in [0.717, 1.165) is 36.2 Å². The topological polar surface area (TPSA) is 57.4 Å². The van der Waals surface area contributed by atoms with Crippen molar-refractivity contribution in [3.63, 3.8) is 0 Å². The molecule has 1 aliphatic rings. The first-order chi connectivity index (χ1) is 13.3. The number of nitrogens with zero attached hydrogens (tertiary/aromatic N) is 1. The number of H-pyrrole nitrogens is 1. The average Bonchev–Trinajstić information content (AvgIpc) is 3.19. The summed E-state index contributed by atoms with van der Waals surface area (Å²) in [4.78, 5) is 18.4. The Morgan fingerprint density at radius 2 is 1.89 bits per heavy atom. The van der Waals surface area contributed by atoms with Gasteiger partial charge in [0.1, 0.15) is 12.4 Å². The molecule has 5 nitrogen and oxygen atoms in total. The van der Waals surface area contributed by atoms with Crippen molar-refractivity contribution in [2.75, 3.05) is 31.6 Å². The van der Waals surface area contributed by atoms with Crippen LogP contribution in [0, 0.1) is 0 Å². The summed E-state index contributed by atoms with van der Waals surface area (Å²) in [6, 6.07) is 15.2. The molecule has 140 valence electrons. The zero-order valence-electron chi connectivity index (χ0n) is 15.4. The molecule has 3 aromatic rings. The van der Waals surface area contributed by atoms with Crippen molar-refractivity contribution in [1.29, 1.82) is 0 Å². The Morgan fingerprint density at radius 3 is 2.78 bits per heavy atom. The number of fused-ring (bicyclic) bond motifs is 1. The first kappa shape index (κ1) is 17.6. The van der Waals surface area contributed by atoms with Gasteiger partial charge in [-0.3, -0.25) is 9.69 Å². The predicted octanol–water partition coefficient (Wildman–Crippen LogP) is 4.28. The highest BCUT2D eigenvalue weighted by molar-refractivity contribution is 6.10. The van der Waals surface area contributed by atoms with Gasteiger partial charge in [0.25, 0.3) is 5.91 Å². The number of piperidine rings is 1. The van der Waals surface area contributed by atoms with Crippen LogP contribution in [0.25, 0.3) is 10.9 Å². The van der Waals surface area contributed by atoms with E-state index >= 15 is 0 Å². The molecule has 0 spiro atoms. The van der Waals surface area contributed by atoms with Crippen LogP contribution in [-0.2, 0) is 0 Å². The summed E-state index contributed by atoms with van der Waals surface area (Å²) in [5.41, 5.74) is 2.35. The summed E-state index contributed by atoms with van der Waals surface area (Å²) < 4.78 is 5.96. The van der Waals surface area contributed by atoms with Gasteiger partial charge in [-0.2, -0.15) is 0 Å². The average molecular weight is 363 g/mol. The summed E-state index contributed by atoms with van der Waals surface area (Å²) in [6.07, 6.45) is 5.74. The Labute approximate surface area is 159 Å². The van der Waals surface area contributed by atoms with Crippen molar-refractivity contribution >= 4 is 22.5 Å². The van der Waals surface area contributed by atoms with Crippen LogP contribution in [0.4, 0.5) is 5.69 Å². The highest BCUT2D eigenvalue weighted by Crippen LogP contribution is 2.25. The molecule has 0 radical (unpaired) electrons. The van der Waals surface area contributed by atoms with E-state index in [2.05, 4.69) is 15.2 Å². The molecule has 4 rings (SSSR count). The van der Waals surface area contributed by atoms with Crippen LogP contribution in [-0.4, -0.2) is 42.0 Å². The van der Waals surface area contributed by atoms with E-state index in [0.29, 0.717) is 17.9 Å². The number of likely N-dealkylation sites (tertiary alicyclic amines) is 1. The standard InChI is InChI=1S/C22H25N3O2/c26-22(24-20-9-6-8-19-17(20)11-12-23-19)18-7-2-3-10-21(18)27-16-15-25-13-4-1-5-14-25/h2-3,6-12,23H,1,4-5,13-16H2,(H,24,26). The third-order valence-corrected chi connectivity index (χ3v) is 5.09. The van der Waals surface area contributed by atoms with Crippen molar-refractivity contribution in [1.82, 2.24) is 9.88 Å². The van der Waals surface area contributed by atoms with Crippen molar-refractivity contribution < 1.29 is 9.53 Å². The summed E-state index contributed by atoms with van der Waals surface area (Å²) in [5.74, 6) is 0.477. The maximum atomic E-state index is 12.9. The van der Waals surface area contributed by atoms with Crippen molar-refractivity contribution in [3.8, 4) is 5.75 Å². The van der Waals surface area contributed by atoms with E-state index in [9.17, 15) is 4.79 Å². The van der Waals surface area contributed by atoms with Gasteiger partial charge in [-0.15, -0.1) is 0 Å². The van der Waals surface area contributed by atoms with E-state index < -0.39 is 0 Å². The van der Waals surface area contributed by atoms with E-state index in [1.807, 2.05) is 54.7 Å². The van der Waals surface area contributed by atoms with E-state index in [-0.39, 0.29) is 5.91 Å². The second-order valence-corrected chi connectivity index (χ2v) is 6.95. The Bertz CT molecular complexity index is 913. The predicted molar refractivity (Wildman–Crippen MR) is 108 cm³/mol. The lowest BCUT2D eigenvalue weighted by molar-refractivity contribution is 0.102. The summed E-state index contributed by atoms with van der Waals surface area (Å²) in [7, 11) is 0. The van der Waals surface area contributed by atoms with Gasteiger partial charge < -0.3 is 15.0 Å². The van der Waals surface area contributed by atoms with Crippen molar-refractivity contribution in [2.24, 2.45) is 0 Å². The fourth-order valence-corrected chi connectivity index (χ4v) is 3.63. The molecular weight excluding hydrogens is 338 g/mol. The molecule has 5 heteroatoms. The van der Waals surface area contributed by atoms with Gasteiger partial charge in [-0.05, 0) is 56.3 Å². The Morgan fingerprint density at radius 1 is 1.04 bits per heavy atom. The molecule has 0 bridgehead atoms. The number of benzene rings is 2. The first-order valence-corrected chi connectivity index (χ1v) is 9.63. The molecule has 27 heavy (non-hydrogen) atoms. The zero-order chi connectivity index (χ0) is 18.5. The molecule has 1 aromatic heterocycles. The maximum Gasteiger partial charge on any atom is 0.259 e. The molecule has 0 saturated carbocycles. The van der Waals surface area contributed by atoms with Gasteiger partial charge in [0, 0.05) is 23.6 Å². The number of anilines is 1. The Balaban J connectivity index is 1.43. The first-order valence-electron chi connectivity index (χ1n) is 9.63. The number of nitrogens with one attached hydrogen (secondary N) is 2. The molecule has 0 atom stereocenters. The third kappa shape index (κ3) is 4.14. The zero-order valence-corrected chi connectivity index (χ0v) is 15.4. The van der Waals surface area contributed by atoms with Crippen LogP contribution in [0.15, 0.2) is 54.7 Å². The summed E-state index contributed by atoms with van der Waals surface area (Å²) in [5, 5.41) is 4.01. The summed E-state index contributed by atoms with van der Waals surface area (Å²) >= 11 is 0. The van der Waals surface area contributed by atoms with E-state index in [1.54, 1.807) is 0 Å². The second kappa shape index (κ2) is 8.27. The lowest BCUT2D eigenvalue weighted by atomic mass is 10.1. The molecular formula is C22H25N3O2. The summed E-state index contributed by atoms with van der Waals surface area (Å²) in [6.45, 7) is 3.79. The number of para-hydroxylation sites is 1. The molecule has 1 saturated heterocycles. The SMILES string of the molecule is O=C(Nc1cccc2[nH]ccc12)c1ccccc1OCCN1CCCCC1. The molecule has 1 aliphatic heterocycles. The number of ether oxygens (including phenoxy) is 1. The van der Waals surface area contributed by atoms with Crippen molar-refractivity contribution in [3.05, 3.63) is 60.3 Å². The highest BCUT2D eigenvalue weighted by atomic mass is 16.5. The van der Waals surface area contributed by atoms with Crippen molar-refractivity contribution in [2.45, 2.75) is 19.3 Å². The molecule has 2 heterocycles. The Hall–Kier alpha value is -2.79. The maximum absolute atomic E-state index is 12.9. The molecule has 2 aromatic carbocycles. The molecule has 1 amide bonds. The largest absolute Gasteiger partial charge is 0.491 e. The van der Waals surface area contributed by atoms with Crippen LogP contribution >= 0.6 is 0 Å². The van der Waals surface area contributed by atoms with Gasteiger partial charge in [0.15, 0.2) is 0 Å². The minimum absolute atomic E-state index is 0.155. The normalized spacial score (nSPS) is 15.0. The van der Waals surface area contributed by atoms with E-state index in [4.69, 9.17) is 4.74 Å². The second-order valence-electron chi connectivity index (χ2n) is 6.95. The fraction of sp³-hybridized carbons (Fsp3) is 0.318. The number of hydrogen-bond acceptors (Lipinski definition) is 3. The van der Waals surface area contributed by atoms with Crippen LogP contribution < -0.4 is 10.1 Å². The van der Waals surface area contributed by atoms with Gasteiger partial charge in [0.2, 0.25) is 0 Å². The van der Waals surface area contributed by atoms with Gasteiger partial charge in [-0.25, -0.2) is 0 Å². The number of carbonyl (C=O) groups excluding carboxylic acids is 1. The van der Waals surface area contributed by atoms with Gasteiger partial charge >= 0.3 is 0 Å². The molecule has 0 unspecified atom stereocenters. The van der Waals surface area contributed by atoms with Gasteiger partial charge in [-0.1, -0.05) is 24.6 Å². The fourth-order valence-electron chi connectivity index (χ4n) is 3.63. The monoisotopic (exact) mass is 363 g/mol. The quantitative estimate of drug-likeness (QED) is 0.687. The van der Waals surface area contributed by atoms with Gasteiger partial charge in [0.05, 0.1) is 11.3 Å². The lowest BCUT2D eigenvalue weighted by Crippen LogP contribution is -2.33. The van der Waals surface area contributed by atoms with Crippen LogP contribution in [0.3, 0.4) is 0 Å². The lowest BCUT2D eigenvalue weighted by Gasteiger charge is -2.26. The Kier molecular flexibility index (Phi) is 5.39. The number of carbonyl (C=O) groups is 1. The number of amides is 1. The number of hydrogen-bond donors (Lipinski definition) is 2. The minimum Gasteiger partial charge on any atom is -0.491 e. The van der Waals surface area contributed by atoms with Crippen LogP contribution in [0.1, 0.15) is 29.6 Å². The highest BCUT2D eigenvalue weighted by Gasteiger charge is 2.15. The molecule has 0 aliphatic carbocycles. The number of aromatic nitrogens is 1. The van der Waals surface area contributed by atoms with Crippen LogP contribution in [0.2, 0.25) is 0 Å². The third-order valence-electron chi connectivity index (χ3n) is 5.09. The molecule has 2 N–H and O–H groups in total. The number of aromatic amines is 1. The smallest absolute Gasteiger partial charge is 0.259 e. The minimum atomic E-state index is -0.155. The molecule has 1 fully saturated rings.